The molecule has 0 N–H and O–H groups in total. The Balaban J connectivity index is 2.06. The van der Waals surface area contributed by atoms with E-state index in [0.29, 0.717) is 6.61 Å². The fourth-order valence-corrected chi connectivity index (χ4v) is 3.74. The first-order valence-corrected chi connectivity index (χ1v) is 7.49. The van der Waals surface area contributed by atoms with E-state index in [4.69, 9.17) is 4.74 Å². The molecule has 0 unspecified atom stereocenters. The van der Waals surface area contributed by atoms with Crippen LogP contribution in [-0.4, -0.2) is 12.6 Å². The molecule has 0 spiro atoms. The van der Waals surface area contributed by atoms with Crippen molar-refractivity contribution in [1.82, 2.24) is 0 Å². The molecule has 2 aromatic rings. The van der Waals surface area contributed by atoms with Crippen molar-refractivity contribution in [2.24, 2.45) is 0 Å². The van der Waals surface area contributed by atoms with E-state index in [2.05, 4.69) is 24.3 Å². The summed E-state index contributed by atoms with van der Waals surface area (Å²) in [5.74, 6) is -0.196. The lowest BCUT2D eigenvalue weighted by atomic mass is 10.0. The van der Waals surface area contributed by atoms with Crippen molar-refractivity contribution in [3.05, 3.63) is 46.3 Å². The summed E-state index contributed by atoms with van der Waals surface area (Å²) < 4.78 is 5.10. The molecule has 1 aliphatic rings. The van der Waals surface area contributed by atoms with Gasteiger partial charge in [-0.25, -0.2) is 4.79 Å². The summed E-state index contributed by atoms with van der Waals surface area (Å²) in [7, 11) is 0. The van der Waals surface area contributed by atoms with Crippen LogP contribution in [0.1, 0.15) is 34.1 Å². The molecule has 0 saturated heterocycles. The smallest absolute Gasteiger partial charge is 0.348 e. The maximum atomic E-state index is 11.8. The Morgan fingerprint density at radius 2 is 2.05 bits per heavy atom. The number of ether oxygens (including phenoxy) is 1. The summed E-state index contributed by atoms with van der Waals surface area (Å²) in [4.78, 5) is 13.8. The predicted molar refractivity (Wildman–Crippen MR) is 77.7 cm³/mol. The van der Waals surface area contributed by atoms with Crippen LogP contribution in [0.15, 0.2) is 30.3 Å². The van der Waals surface area contributed by atoms with Crippen LogP contribution in [0.5, 0.6) is 0 Å². The number of carbonyl (C=O) groups excluding carboxylic acids is 1. The van der Waals surface area contributed by atoms with E-state index in [1.54, 1.807) is 11.3 Å². The number of rotatable bonds is 2. The normalized spacial score (nSPS) is 13.3. The molecular weight excluding hydrogens is 256 g/mol. The van der Waals surface area contributed by atoms with Gasteiger partial charge in [0.1, 0.15) is 4.88 Å². The number of aryl methyl sites for hydroxylation is 2. The van der Waals surface area contributed by atoms with E-state index < -0.39 is 0 Å². The van der Waals surface area contributed by atoms with Crippen molar-refractivity contribution < 1.29 is 9.53 Å². The molecule has 0 bridgehead atoms. The lowest BCUT2D eigenvalue weighted by Crippen LogP contribution is -2.01. The Bertz CT molecular complexity index is 613. The van der Waals surface area contributed by atoms with Crippen LogP contribution in [0.3, 0.4) is 0 Å². The van der Waals surface area contributed by atoms with Gasteiger partial charge in [0.25, 0.3) is 0 Å². The zero-order valence-corrected chi connectivity index (χ0v) is 11.8. The Morgan fingerprint density at radius 1 is 1.26 bits per heavy atom. The first-order valence-electron chi connectivity index (χ1n) is 6.67. The Hall–Kier alpha value is -1.61. The second-order valence-electron chi connectivity index (χ2n) is 4.70. The van der Waals surface area contributed by atoms with Crippen LogP contribution < -0.4 is 0 Å². The quantitative estimate of drug-likeness (QED) is 0.770. The van der Waals surface area contributed by atoms with E-state index >= 15 is 0 Å². The minimum Gasteiger partial charge on any atom is -0.462 e. The monoisotopic (exact) mass is 272 g/mol. The van der Waals surface area contributed by atoms with Gasteiger partial charge in [0, 0.05) is 4.88 Å². The van der Waals surface area contributed by atoms with Gasteiger partial charge >= 0.3 is 5.97 Å². The van der Waals surface area contributed by atoms with Gasteiger partial charge in [-0.15, -0.1) is 11.3 Å². The van der Waals surface area contributed by atoms with Crippen molar-refractivity contribution in [3.63, 3.8) is 0 Å². The van der Waals surface area contributed by atoms with E-state index in [1.165, 1.54) is 21.6 Å². The molecule has 98 valence electrons. The molecule has 1 aromatic carbocycles. The van der Waals surface area contributed by atoms with Crippen molar-refractivity contribution in [3.8, 4) is 10.4 Å². The molecule has 3 rings (SSSR count). The van der Waals surface area contributed by atoms with Gasteiger partial charge in [-0.3, -0.25) is 0 Å². The van der Waals surface area contributed by atoms with Gasteiger partial charge in [0.15, 0.2) is 0 Å². The number of benzene rings is 1. The minimum absolute atomic E-state index is 0.196. The summed E-state index contributed by atoms with van der Waals surface area (Å²) in [6.45, 7) is 2.27. The van der Waals surface area contributed by atoms with Crippen molar-refractivity contribution in [2.45, 2.75) is 26.2 Å². The van der Waals surface area contributed by atoms with Crippen LogP contribution >= 0.6 is 11.3 Å². The van der Waals surface area contributed by atoms with Gasteiger partial charge in [0.05, 0.1) is 6.61 Å². The zero-order valence-electron chi connectivity index (χ0n) is 10.9. The molecule has 0 aliphatic heterocycles. The van der Waals surface area contributed by atoms with E-state index in [9.17, 15) is 4.79 Å². The Kier molecular flexibility index (Phi) is 3.38. The highest BCUT2D eigenvalue weighted by atomic mass is 32.1. The number of hydrogen-bond acceptors (Lipinski definition) is 3. The third-order valence-corrected chi connectivity index (χ3v) is 4.63. The third-order valence-electron chi connectivity index (χ3n) is 3.44. The molecule has 1 heterocycles. The summed E-state index contributed by atoms with van der Waals surface area (Å²) in [5, 5.41) is 0. The van der Waals surface area contributed by atoms with E-state index in [-0.39, 0.29) is 5.97 Å². The average molecular weight is 272 g/mol. The molecule has 1 aliphatic carbocycles. The molecule has 2 nitrogen and oxygen atoms in total. The lowest BCUT2D eigenvalue weighted by molar-refractivity contribution is 0.0532. The maximum Gasteiger partial charge on any atom is 0.348 e. The zero-order chi connectivity index (χ0) is 13.2. The predicted octanol–water partition coefficient (Wildman–Crippen LogP) is 4.08. The highest BCUT2D eigenvalue weighted by Gasteiger charge is 2.20. The van der Waals surface area contributed by atoms with Crippen LogP contribution in [0.25, 0.3) is 10.4 Å². The van der Waals surface area contributed by atoms with Gasteiger partial charge in [-0.05, 0) is 48.9 Å². The number of carbonyl (C=O) groups is 1. The summed E-state index contributed by atoms with van der Waals surface area (Å²) in [5.41, 5.74) is 3.96. The fraction of sp³-hybridized carbons (Fsp3) is 0.312. The van der Waals surface area contributed by atoms with Gasteiger partial charge < -0.3 is 4.74 Å². The lowest BCUT2D eigenvalue weighted by Gasteiger charge is -2.04. The van der Waals surface area contributed by atoms with Crippen LogP contribution in [0.4, 0.5) is 0 Å². The third kappa shape index (κ3) is 2.30. The van der Waals surface area contributed by atoms with Crippen molar-refractivity contribution in [2.75, 3.05) is 6.61 Å². The van der Waals surface area contributed by atoms with E-state index in [0.717, 1.165) is 24.1 Å². The first-order chi connectivity index (χ1) is 9.29. The number of thiophene rings is 1. The Labute approximate surface area is 117 Å². The van der Waals surface area contributed by atoms with Crippen LogP contribution in [-0.2, 0) is 17.6 Å². The first kappa shape index (κ1) is 12.4. The number of esters is 1. The maximum absolute atomic E-state index is 11.8. The highest BCUT2D eigenvalue weighted by Crippen LogP contribution is 2.38. The molecule has 19 heavy (non-hydrogen) atoms. The van der Waals surface area contributed by atoms with Gasteiger partial charge in [-0.1, -0.05) is 24.3 Å². The molecule has 0 fully saturated rings. The van der Waals surface area contributed by atoms with E-state index in [1.807, 2.05) is 13.0 Å². The van der Waals surface area contributed by atoms with Crippen LogP contribution in [0, 0.1) is 0 Å². The van der Waals surface area contributed by atoms with Gasteiger partial charge in [0.2, 0.25) is 0 Å². The SMILES string of the molecule is CCOC(=O)c1cc2c(s1)-c1ccccc1CCC2. The summed E-state index contributed by atoms with van der Waals surface area (Å²) >= 11 is 1.56. The second kappa shape index (κ2) is 5.17. The molecular formula is C16H16O2S. The molecule has 1 aromatic heterocycles. The Morgan fingerprint density at radius 3 is 2.89 bits per heavy atom. The average Bonchev–Trinajstić information content (AvgIpc) is 2.77. The number of fused-ring (bicyclic) bond motifs is 3. The summed E-state index contributed by atoms with van der Waals surface area (Å²) in [6.07, 6.45) is 3.30. The molecule has 3 heteroatoms. The standard InChI is InChI=1S/C16H16O2S/c1-2-18-16(17)14-10-12-8-5-7-11-6-3-4-9-13(11)15(12)19-14/h3-4,6,9-10H,2,5,7-8H2,1H3. The largest absolute Gasteiger partial charge is 0.462 e. The molecule has 0 atom stereocenters. The van der Waals surface area contributed by atoms with Crippen LogP contribution in [0.2, 0.25) is 0 Å². The number of hydrogen-bond donors (Lipinski definition) is 0. The summed E-state index contributed by atoms with van der Waals surface area (Å²) in [6, 6.07) is 10.5. The fourth-order valence-electron chi connectivity index (χ4n) is 2.57. The minimum atomic E-state index is -0.196. The molecule has 0 amide bonds. The molecule has 0 saturated carbocycles. The van der Waals surface area contributed by atoms with Gasteiger partial charge in [-0.2, -0.15) is 0 Å². The van der Waals surface area contributed by atoms with Crippen molar-refractivity contribution >= 4 is 17.3 Å². The molecule has 0 radical (unpaired) electrons. The second-order valence-corrected chi connectivity index (χ2v) is 5.75. The van der Waals surface area contributed by atoms with Crippen molar-refractivity contribution in [1.29, 1.82) is 0 Å². The highest BCUT2D eigenvalue weighted by molar-refractivity contribution is 7.17. The topological polar surface area (TPSA) is 26.3 Å².